The summed E-state index contributed by atoms with van der Waals surface area (Å²) in [7, 11) is 1.79. The van der Waals surface area contributed by atoms with Gasteiger partial charge in [-0.2, -0.15) is 5.26 Å². The van der Waals surface area contributed by atoms with E-state index in [1.807, 2.05) is 18.2 Å². The Morgan fingerprint density at radius 3 is 3.05 bits per heavy atom. The summed E-state index contributed by atoms with van der Waals surface area (Å²) in [6, 6.07) is 7.91. The van der Waals surface area contributed by atoms with Gasteiger partial charge in [-0.05, 0) is 24.1 Å². The van der Waals surface area contributed by atoms with E-state index in [1.54, 1.807) is 11.9 Å². The summed E-state index contributed by atoms with van der Waals surface area (Å²) in [4.78, 5) is 20.3. The van der Waals surface area contributed by atoms with Gasteiger partial charge in [-0.25, -0.2) is 4.98 Å². The standard InChI is InChI=1S/C14H12N4O/c1-18-12-4-2-10(6-9(12)3-5-13(18)19)14-11(7-15)16-8-17-14/h2,4,6,8H,3,5H2,1H3,(H,16,17). The lowest BCUT2D eigenvalue weighted by molar-refractivity contribution is -0.118. The summed E-state index contributed by atoms with van der Waals surface area (Å²) in [6.45, 7) is 0. The van der Waals surface area contributed by atoms with Gasteiger partial charge < -0.3 is 9.88 Å². The lowest BCUT2D eigenvalue weighted by Crippen LogP contribution is -2.30. The number of benzene rings is 1. The lowest BCUT2D eigenvalue weighted by atomic mass is 9.97. The van der Waals surface area contributed by atoms with E-state index >= 15 is 0 Å². The van der Waals surface area contributed by atoms with E-state index in [1.165, 1.54) is 6.33 Å². The van der Waals surface area contributed by atoms with Gasteiger partial charge in [-0.3, -0.25) is 4.79 Å². The van der Waals surface area contributed by atoms with Crippen LogP contribution in [-0.2, 0) is 11.2 Å². The fourth-order valence-electron chi connectivity index (χ4n) is 2.41. The van der Waals surface area contributed by atoms with Crippen LogP contribution in [0, 0.1) is 11.3 Å². The van der Waals surface area contributed by atoms with Crippen LogP contribution in [0.3, 0.4) is 0 Å². The molecule has 1 aliphatic rings. The van der Waals surface area contributed by atoms with Crippen LogP contribution in [0.1, 0.15) is 17.7 Å². The first kappa shape index (κ1) is 11.5. The molecule has 5 heteroatoms. The van der Waals surface area contributed by atoms with Crippen LogP contribution < -0.4 is 4.90 Å². The first-order valence-corrected chi connectivity index (χ1v) is 6.04. The summed E-state index contributed by atoms with van der Waals surface area (Å²) in [5, 5.41) is 9.00. The quantitative estimate of drug-likeness (QED) is 0.841. The van der Waals surface area contributed by atoms with Crippen molar-refractivity contribution in [2.75, 3.05) is 11.9 Å². The number of nitriles is 1. The number of aromatic amines is 1. The molecule has 0 saturated heterocycles. The predicted molar refractivity (Wildman–Crippen MR) is 70.5 cm³/mol. The summed E-state index contributed by atoms with van der Waals surface area (Å²) in [5.74, 6) is 0.138. The number of amides is 1. The molecule has 0 atom stereocenters. The number of nitrogens with one attached hydrogen (secondary N) is 1. The molecule has 94 valence electrons. The van der Waals surface area contributed by atoms with Crippen LogP contribution in [0.15, 0.2) is 24.5 Å². The molecule has 0 spiro atoms. The number of hydrogen-bond donors (Lipinski definition) is 1. The average molecular weight is 252 g/mol. The van der Waals surface area contributed by atoms with Crippen molar-refractivity contribution in [3.63, 3.8) is 0 Å². The van der Waals surface area contributed by atoms with E-state index in [4.69, 9.17) is 5.26 Å². The molecular formula is C14H12N4O. The van der Waals surface area contributed by atoms with Gasteiger partial charge in [0.15, 0.2) is 5.69 Å². The maximum Gasteiger partial charge on any atom is 0.227 e. The second-order valence-electron chi connectivity index (χ2n) is 4.53. The van der Waals surface area contributed by atoms with E-state index in [2.05, 4.69) is 16.0 Å². The molecule has 2 aromatic rings. The highest BCUT2D eigenvalue weighted by Crippen LogP contribution is 2.31. The number of rotatable bonds is 1. The fourth-order valence-corrected chi connectivity index (χ4v) is 2.41. The van der Waals surface area contributed by atoms with Crippen molar-refractivity contribution in [2.45, 2.75) is 12.8 Å². The van der Waals surface area contributed by atoms with Gasteiger partial charge in [0.05, 0.1) is 12.0 Å². The molecule has 1 aliphatic heterocycles. The molecule has 0 fully saturated rings. The summed E-state index contributed by atoms with van der Waals surface area (Å²) < 4.78 is 0. The second-order valence-corrected chi connectivity index (χ2v) is 4.53. The zero-order valence-electron chi connectivity index (χ0n) is 10.5. The first-order valence-electron chi connectivity index (χ1n) is 6.04. The van der Waals surface area contributed by atoms with Gasteiger partial charge in [-0.1, -0.05) is 6.07 Å². The third-order valence-electron chi connectivity index (χ3n) is 3.46. The zero-order chi connectivity index (χ0) is 13.4. The number of carbonyl (C=O) groups is 1. The molecule has 0 aliphatic carbocycles. The Morgan fingerprint density at radius 2 is 2.26 bits per heavy atom. The Balaban J connectivity index is 2.08. The third kappa shape index (κ3) is 1.78. The average Bonchev–Trinajstić information content (AvgIpc) is 2.91. The third-order valence-corrected chi connectivity index (χ3v) is 3.46. The van der Waals surface area contributed by atoms with Gasteiger partial charge in [0.1, 0.15) is 6.07 Å². The van der Waals surface area contributed by atoms with Crippen LogP contribution in [-0.4, -0.2) is 22.9 Å². The van der Waals surface area contributed by atoms with Crippen molar-refractivity contribution in [3.8, 4) is 17.3 Å². The van der Waals surface area contributed by atoms with Crippen molar-refractivity contribution in [2.24, 2.45) is 0 Å². The van der Waals surface area contributed by atoms with E-state index in [0.717, 1.165) is 28.9 Å². The smallest absolute Gasteiger partial charge is 0.227 e. The monoisotopic (exact) mass is 252 g/mol. The maximum absolute atomic E-state index is 11.6. The Bertz CT molecular complexity index is 696. The predicted octanol–water partition coefficient (Wildman–Crippen LogP) is 1.86. The van der Waals surface area contributed by atoms with Gasteiger partial charge in [-0.15, -0.1) is 0 Å². The molecule has 1 aromatic heterocycles. The topological polar surface area (TPSA) is 72.8 Å². The normalized spacial score (nSPS) is 14.1. The molecular weight excluding hydrogens is 240 g/mol. The van der Waals surface area contributed by atoms with E-state index < -0.39 is 0 Å². The molecule has 0 bridgehead atoms. The van der Waals surface area contributed by atoms with E-state index in [-0.39, 0.29) is 5.91 Å². The van der Waals surface area contributed by atoms with Crippen LogP contribution >= 0.6 is 0 Å². The van der Waals surface area contributed by atoms with Crippen LogP contribution in [0.5, 0.6) is 0 Å². The number of fused-ring (bicyclic) bond motifs is 1. The summed E-state index contributed by atoms with van der Waals surface area (Å²) in [6.07, 6.45) is 2.78. The van der Waals surface area contributed by atoms with Crippen molar-refractivity contribution in [1.82, 2.24) is 9.97 Å². The molecule has 2 heterocycles. The van der Waals surface area contributed by atoms with Crippen molar-refractivity contribution >= 4 is 11.6 Å². The molecule has 1 amide bonds. The first-order chi connectivity index (χ1) is 9.20. The minimum absolute atomic E-state index is 0.138. The van der Waals surface area contributed by atoms with Crippen molar-refractivity contribution < 1.29 is 4.79 Å². The Morgan fingerprint density at radius 1 is 1.42 bits per heavy atom. The molecule has 0 radical (unpaired) electrons. The van der Waals surface area contributed by atoms with Crippen molar-refractivity contribution in [3.05, 3.63) is 35.8 Å². The highest BCUT2D eigenvalue weighted by Gasteiger charge is 2.21. The Labute approximate surface area is 110 Å². The molecule has 5 nitrogen and oxygen atoms in total. The summed E-state index contributed by atoms with van der Waals surface area (Å²) in [5.41, 5.74) is 4.11. The minimum Gasteiger partial charge on any atom is -0.343 e. The fraction of sp³-hybridized carbons (Fsp3) is 0.214. The number of imidazole rings is 1. The van der Waals surface area contributed by atoms with Crippen LogP contribution in [0.2, 0.25) is 0 Å². The lowest BCUT2D eigenvalue weighted by Gasteiger charge is -2.26. The zero-order valence-corrected chi connectivity index (χ0v) is 10.5. The van der Waals surface area contributed by atoms with Gasteiger partial charge in [0.25, 0.3) is 0 Å². The molecule has 19 heavy (non-hydrogen) atoms. The molecule has 1 aromatic carbocycles. The van der Waals surface area contributed by atoms with Crippen LogP contribution in [0.4, 0.5) is 5.69 Å². The summed E-state index contributed by atoms with van der Waals surface area (Å²) >= 11 is 0. The highest BCUT2D eigenvalue weighted by atomic mass is 16.2. The SMILES string of the molecule is CN1C(=O)CCc2cc(-c3[nH]cnc3C#N)ccc21. The van der Waals surface area contributed by atoms with Gasteiger partial charge in [0.2, 0.25) is 5.91 Å². The minimum atomic E-state index is 0.138. The number of anilines is 1. The van der Waals surface area contributed by atoms with Gasteiger partial charge in [0, 0.05) is 24.7 Å². The number of aromatic nitrogens is 2. The van der Waals surface area contributed by atoms with Gasteiger partial charge >= 0.3 is 0 Å². The maximum atomic E-state index is 11.6. The Hall–Kier alpha value is -2.61. The second kappa shape index (κ2) is 4.25. The van der Waals surface area contributed by atoms with E-state index in [9.17, 15) is 4.79 Å². The number of carbonyl (C=O) groups excluding carboxylic acids is 1. The van der Waals surface area contributed by atoms with E-state index in [0.29, 0.717) is 12.1 Å². The molecule has 0 saturated carbocycles. The number of H-pyrrole nitrogens is 1. The largest absolute Gasteiger partial charge is 0.343 e. The molecule has 1 N–H and O–H groups in total. The van der Waals surface area contributed by atoms with Crippen LogP contribution in [0.25, 0.3) is 11.3 Å². The Kier molecular flexibility index (Phi) is 2.57. The number of aryl methyl sites for hydroxylation is 1. The number of hydrogen-bond acceptors (Lipinski definition) is 3. The van der Waals surface area contributed by atoms with Crippen molar-refractivity contribution in [1.29, 1.82) is 5.26 Å². The number of nitrogens with zero attached hydrogens (tertiary/aromatic N) is 3. The molecule has 0 unspecified atom stereocenters. The molecule has 3 rings (SSSR count). The highest BCUT2D eigenvalue weighted by molar-refractivity contribution is 5.96.